The summed E-state index contributed by atoms with van der Waals surface area (Å²) in [7, 11) is 1.66. The zero-order valence-corrected chi connectivity index (χ0v) is 17.4. The predicted octanol–water partition coefficient (Wildman–Crippen LogP) is 1.78. The summed E-state index contributed by atoms with van der Waals surface area (Å²) in [6.07, 6.45) is 3.08. The van der Waals surface area contributed by atoms with Crippen LogP contribution in [0, 0.1) is 12.9 Å². The Morgan fingerprint density at radius 3 is 1.88 bits per heavy atom. The van der Waals surface area contributed by atoms with E-state index in [9.17, 15) is 14.0 Å². The van der Waals surface area contributed by atoms with Crippen LogP contribution in [0.2, 0.25) is 0 Å². The molecule has 0 aliphatic rings. The quantitative estimate of drug-likeness (QED) is 0.402. The Hall–Kier alpha value is -4.21. The average molecular weight is 431 g/mol. The van der Waals surface area contributed by atoms with Crippen molar-refractivity contribution in [3.8, 4) is 0 Å². The molecule has 5 rings (SSSR count). The molecule has 5 aromatic rings. The number of hydrogen-bond acceptors (Lipinski definition) is 6. The van der Waals surface area contributed by atoms with E-state index < -0.39 is 11.5 Å². The minimum atomic E-state index is -0.629. The Morgan fingerprint density at radius 2 is 1.34 bits per heavy atom. The van der Waals surface area contributed by atoms with E-state index in [1.165, 1.54) is 27.7 Å². The second-order valence-corrected chi connectivity index (χ2v) is 7.52. The molecule has 0 fully saturated rings. The SMILES string of the molecule is Cc1cccc(Cn2ncc3c4cnn(Cc5cccc(F)n5)c(=O)c4n(C)c3c2=O)n1. The summed E-state index contributed by atoms with van der Waals surface area (Å²) in [5, 5.41) is 9.57. The fraction of sp³-hybridized carbons (Fsp3) is 0.182. The van der Waals surface area contributed by atoms with Crippen molar-refractivity contribution in [2.45, 2.75) is 20.0 Å². The van der Waals surface area contributed by atoms with E-state index in [2.05, 4.69) is 20.2 Å². The molecule has 9 nitrogen and oxygen atoms in total. The highest BCUT2D eigenvalue weighted by atomic mass is 19.1. The Balaban J connectivity index is 1.64. The molecule has 0 radical (unpaired) electrons. The Kier molecular flexibility index (Phi) is 4.62. The van der Waals surface area contributed by atoms with Gasteiger partial charge in [-0.25, -0.2) is 14.3 Å². The fourth-order valence-electron chi connectivity index (χ4n) is 3.87. The maximum atomic E-state index is 13.4. The first-order valence-corrected chi connectivity index (χ1v) is 9.90. The molecule has 0 aromatic carbocycles. The molecule has 160 valence electrons. The minimum Gasteiger partial charge on any atom is -0.334 e. The summed E-state index contributed by atoms with van der Waals surface area (Å²) < 4.78 is 17.5. The van der Waals surface area contributed by atoms with Crippen LogP contribution >= 0.6 is 0 Å². The average Bonchev–Trinajstić information content (AvgIpc) is 3.05. The molecule has 0 saturated carbocycles. The smallest absolute Gasteiger partial charge is 0.291 e. The van der Waals surface area contributed by atoms with E-state index in [1.54, 1.807) is 23.9 Å². The summed E-state index contributed by atoms with van der Waals surface area (Å²) >= 11 is 0. The first-order valence-electron chi connectivity index (χ1n) is 9.90. The second kappa shape index (κ2) is 7.49. The van der Waals surface area contributed by atoms with Gasteiger partial charge in [-0.1, -0.05) is 12.1 Å². The number of nitrogens with zero attached hydrogens (tertiary/aromatic N) is 7. The van der Waals surface area contributed by atoms with Gasteiger partial charge in [0.25, 0.3) is 11.1 Å². The number of pyridine rings is 2. The number of halogens is 1. The van der Waals surface area contributed by atoms with E-state index in [1.807, 2.05) is 25.1 Å². The molecule has 0 N–H and O–H groups in total. The third-order valence-electron chi connectivity index (χ3n) is 5.34. The van der Waals surface area contributed by atoms with Gasteiger partial charge >= 0.3 is 0 Å². The van der Waals surface area contributed by atoms with Crippen LogP contribution in [0.5, 0.6) is 0 Å². The summed E-state index contributed by atoms with van der Waals surface area (Å²) in [5.74, 6) is -0.629. The van der Waals surface area contributed by atoms with Crippen molar-refractivity contribution in [3.05, 3.63) is 92.5 Å². The molecule has 10 heteroatoms. The lowest BCUT2D eigenvalue weighted by atomic mass is 10.2. The molecule has 0 spiro atoms. The first kappa shape index (κ1) is 19.7. The van der Waals surface area contributed by atoms with Crippen molar-refractivity contribution in [3.63, 3.8) is 0 Å². The van der Waals surface area contributed by atoms with Gasteiger partial charge in [-0.15, -0.1) is 0 Å². The monoisotopic (exact) mass is 431 g/mol. The Labute approximate surface area is 180 Å². The molecule has 5 aromatic heterocycles. The lowest BCUT2D eigenvalue weighted by Crippen LogP contribution is -2.26. The third kappa shape index (κ3) is 3.25. The van der Waals surface area contributed by atoms with Crippen molar-refractivity contribution in [2.24, 2.45) is 7.05 Å². The fourth-order valence-corrected chi connectivity index (χ4v) is 3.87. The van der Waals surface area contributed by atoms with Gasteiger partial charge in [-0.2, -0.15) is 14.6 Å². The van der Waals surface area contributed by atoms with Gasteiger partial charge in [-0.3, -0.25) is 14.6 Å². The van der Waals surface area contributed by atoms with Crippen molar-refractivity contribution in [2.75, 3.05) is 0 Å². The summed E-state index contributed by atoms with van der Waals surface area (Å²) in [5.41, 5.74) is 1.86. The van der Waals surface area contributed by atoms with E-state index in [-0.39, 0.29) is 18.6 Å². The summed E-state index contributed by atoms with van der Waals surface area (Å²) in [4.78, 5) is 34.6. The van der Waals surface area contributed by atoms with Crippen LogP contribution in [0.3, 0.4) is 0 Å². The molecular weight excluding hydrogens is 413 g/mol. The van der Waals surface area contributed by atoms with Crippen LogP contribution in [-0.4, -0.2) is 34.1 Å². The molecule has 0 bridgehead atoms. The summed E-state index contributed by atoms with van der Waals surface area (Å²) in [6.45, 7) is 2.10. The predicted molar refractivity (Wildman–Crippen MR) is 116 cm³/mol. The van der Waals surface area contributed by atoms with Crippen molar-refractivity contribution in [1.29, 1.82) is 0 Å². The lowest BCUT2D eigenvalue weighted by Gasteiger charge is -2.06. The van der Waals surface area contributed by atoms with Crippen LogP contribution in [0.1, 0.15) is 17.1 Å². The molecule has 0 saturated heterocycles. The van der Waals surface area contributed by atoms with Crippen molar-refractivity contribution in [1.82, 2.24) is 34.1 Å². The van der Waals surface area contributed by atoms with E-state index in [4.69, 9.17) is 0 Å². The lowest BCUT2D eigenvalue weighted by molar-refractivity contribution is 0.562. The zero-order valence-electron chi connectivity index (χ0n) is 17.4. The van der Waals surface area contributed by atoms with Gasteiger partial charge in [0.05, 0.1) is 36.9 Å². The van der Waals surface area contributed by atoms with Gasteiger partial charge in [0.15, 0.2) is 0 Å². The summed E-state index contributed by atoms with van der Waals surface area (Å²) in [6, 6.07) is 9.96. The van der Waals surface area contributed by atoms with Crippen LogP contribution in [0.15, 0.2) is 58.4 Å². The van der Waals surface area contributed by atoms with Crippen LogP contribution in [0.25, 0.3) is 21.8 Å². The maximum absolute atomic E-state index is 13.4. The molecule has 0 atom stereocenters. The number of fused-ring (bicyclic) bond motifs is 3. The van der Waals surface area contributed by atoms with Crippen LogP contribution in [0.4, 0.5) is 4.39 Å². The van der Waals surface area contributed by atoms with Gasteiger partial charge in [0.2, 0.25) is 5.95 Å². The molecular formula is C22H18FN7O2. The molecule has 32 heavy (non-hydrogen) atoms. The maximum Gasteiger partial charge on any atom is 0.291 e. The number of rotatable bonds is 4. The topological polar surface area (TPSA) is 100 Å². The standard InChI is InChI=1S/C22H18FN7O2/c1-13-5-3-6-14(26-13)11-29-21(31)19-16(9-24-29)17-10-25-30(22(32)20(17)28(19)2)12-15-7-4-8-18(23)27-15/h3-10H,11-12H2,1-2H3. The van der Waals surface area contributed by atoms with E-state index >= 15 is 0 Å². The van der Waals surface area contributed by atoms with E-state index in [0.717, 1.165) is 5.69 Å². The normalized spacial score (nSPS) is 11.5. The minimum absolute atomic E-state index is 0.00949. The van der Waals surface area contributed by atoms with E-state index in [0.29, 0.717) is 33.2 Å². The molecule has 0 aliphatic heterocycles. The highest BCUT2D eigenvalue weighted by Gasteiger charge is 2.18. The highest BCUT2D eigenvalue weighted by Crippen LogP contribution is 2.22. The Morgan fingerprint density at radius 1 is 0.812 bits per heavy atom. The molecule has 0 amide bonds. The van der Waals surface area contributed by atoms with Gasteiger partial charge < -0.3 is 4.57 Å². The first-order chi connectivity index (χ1) is 15.4. The highest BCUT2D eigenvalue weighted by molar-refractivity contribution is 6.06. The van der Waals surface area contributed by atoms with Gasteiger partial charge in [0.1, 0.15) is 11.0 Å². The second-order valence-electron chi connectivity index (χ2n) is 7.52. The molecule has 0 aliphatic carbocycles. The number of aromatic nitrogens is 7. The zero-order chi connectivity index (χ0) is 22.4. The number of hydrogen-bond donors (Lipinski definition) is 0. The van der Waals surface area contributed by atoms with Gasteiger partial charge in [-0.05, 0) is 31.2 Å². The van der Waals surface area contributed by atoms with Crippen LogP contribution < -0.4 is 11.1 Å². The van der Waals surface area contributed by atoms with Crippen LogP contribution in [-0.2, 0) is 20.1 Å². The van der Waals surface area contributed by atoms with Crippen molar-refractivity contribution >= 4 is 21.8 Å². The largest absolute Gasteiger partial charge is 0.334 e. The Bertz CT molecular complexity index is 1500. The van der Waals surface area contributed by atoms with Gasteiger partial charge in [0, 0.05) is 23.5 Å². The van der Waals surface area contributed by atoms with Crippen molar-refractivity contribution < 1.29 is 4.39 Å². The molecule has 5 heterocycles. The third-order valence-corrected chi connectivity index (χ3v) is 5.34. The number of aryl methyl sites for hydroxylation is 2. The molecule has 0 unspecified atom stereocenters.